The molecule has 4 rings (SSSR count). The van der Waals surface area contributed by atoms with Crippen molar-refractivity contribution in [3.63, 3.8) is 0 Å². The van der Waals surface area contributed by atoms with Gasteiger partial charge in [-0.1, -0.05) is 84.9 Å². The Morgan fingerprint density at radius 3 is 1.97 bits per heavy atom. The van der Waals surface area contributed by atoms with Crippen LogP contribution in [0.25, 0.3) is 11.1 Å². The number of hydrogen-bond acceptors (Lipinski definition) is 2. The first-order valence-corrected chi connectivity index (χ1v) is 10.3. The maximum atomic E-state index is 13.6. The SMILES string of the molecule is O=C(C(c1ccccc1)c1cccc(-c2ccccc2C(F)(F)F)c1)N(O)c1ccccc1. The van der Waals surface area contributed by atoms with Crippen LogP contribution in [0.5, 0.6) is 0 Å². The fraction of sp³-hybridized carbons (Fsp3) is 0.0741. The molecular weight excluding hydrogens is 427 g/mol. The van der Waals surface area contributed by atoms with Crippen LogP contribution in [0.15, 0.2) is 109 Å². The molecule has 0 bridgehead atoms. The predicted octanol–water partition coefficient (Wildman–Crippen LogP) is 6.93. The molecular formula is C27H20F3NO2. The first-order valence-electron chi connectivity index (χ1n) is 10.3. The van der Waals surface area contributed by atoms with Gasteiger partial charge in [0, 0.05) is 0 Å². The minimum Gasteiger partial charge on any atom is -0.281 e. The molecule has 1 atom stereocenters. The van der Waals surface area contributed by atoms with Crippen molar-refractivity contribution in [2.75, 3.05) is 5.06 Å². The third-order valence-corrected chi connectivity index (χ3v) is 5.35. The first kappa shape index (κ1) is 22.3. The van der Waals surface area contributed by atoms with Gasteiger partial charge in [-0.05, 0) is 46.5 Å². The zero-order valence-corrected chi connectivity index (χ0v) is 17.4. The van der Waals surface area contributed by atoms with Gasteiger partial charge in [-0.15, -0.1) is 0 Å². The molecule has 0 aliphatic rings. The standard InChI is InChI=1S/C27H20F3NO2/c28-27(29,30)24-17-8-7-16-23(24)20-12-9-13-21(18-20)25(19-10-3-1-4-11-19)26(32)31(33)22-14-5-2-6-15-22/h1-18,25,33H. The van der Waals surface area contributed by atoms with Crippen molar-refractivity contribution in [3.05, 3.63) is 126 Å². The monoisotopic (exact) mass is 447 g/mol. The van der Waals surface area contributed by atoms with Gasteiger partial charge < -0.3 is 0 Å². The summed E-state index contributed by atoms with van der Waals surface area (Å²) in [6.45, 7) is 0. The van der Waals surface area contributed by atoms with Crippen molar-refractivity contribution in [1.29, 1.82) is 0 Å². The van der Waals surface area contributed by atoms with Crippen LogP contribution < -0.4 is 5.06 Å². The summed E-state index contributed by atoms with van der Waals surface area (Å²) < 4.78 is 40.8. The number of amides is 1. The molecule has 0 fully saturated rings. The molecule has 0 heterocycles. The lowest BCUT2D eigenvalue weighted by atomic mass is 9.87. The van der Waals surface area contributed by atoms with Crippen LogP contribution in [0.1, 0.15) is 22.6 Å². The quantitative estimate of drug-likeness (QED) is 0.266. The highest BCUT2D eigenvalue weighted by atomic mass is 19.4. The third-order valence-electron chi connectivity index (χ3n) is 5.35. The molecule has 0 saturated carbocycles. The summed E-state index contributed by atoms with van der Waals surface area (Å²) in [5, 5.41) is 11.2. The largest absolute Gasteiger partial charge is 0.417 e. The smallest absolute Gasteiger partial charge is 0.281 e. The van der Waals surface area contributed by atoms with Gasteiger partial charge in [-0.3, -0.25) is 10.0 Å². The van der Waals surface area contributed by atoms with Gasteiger partial charge in [0.15, 0.2) is 0 Å². The highest BCUT2D eigenvalue weighted by Crippen LogP contribution is 2.38. The number of anilines is 1. The second-order valence-corrected chi connectivity index (χ2v) is 7.50. The maximum Gasteiger partial charge on any atom is 0.417 e. The van der Waals surface area contributed by atoms with Crippen LogP contribution in [0.4, 0.5) is 18.9 Å². The third kappa shape index (κ3) is 4.81. The molecule has 166 valence electrons. The number of benzene rings is 4. The van der Waals surface area contributed by atoms with Crippen molar-refractivity contribution in [2.24, 2.45) is 0 Å². The second-order valence-electron chi connectivity index (χ2n) is 7.50. The average molecular weight is 447 g/mol. The fourth-order valence-corrected chi connectivity index (χ4v) is 3.81. The van der Waals surface area contributed by atoms with E-state index < -0.39 is 23.6 Å². The molecule has 0 aromatic heterocycles. The molecule has 4 aromatic carbocycles. The van der Waals surface area contributed by atoms with Gasteiger partial charge in [-0.2, -0.15) is 18.2 Å². The molecule has 4 aromatic rings. The Morgan fingerprint density at radius 1 is 0.727 bits per heavy atom. The van der Waals surface area contributed by atoms with Crippen molar-refractivity contribution >= 4 is 11.6 Å². The number of alkyl halides is 3. The van der Waals surface area contributed by atoms with Crippen molar-refractivity contribution in [1.82, 2.24) is 0 Å². The average Bonchev–Trinajstić information content (AvgIpc) is 2.84. The van der Waals surface area contributed by atoms with E-state index in [0.29, 0.717) is 27.4 Å². The Morgan fingerprint density at radius 2 is 1.30 bits per heavy atom. The summed E-state index contributed by atoms with van der Waals surface area (Å²) >= 11 is 0. The zero-order chi connectivity index (χ0) is 23.4. The van der Waals surface area contributed by atoms with Crippen LogP contribution in [-0.4, -0.2) is 11.1 Å². The lowest BCUT2D eigenvalue weighted by Gasteiger charge is -2.23. The van der Waals surface area contributed by atoms with E-state index in [-0.39, 0.29) is 5.56 Å². The number of hydrogen-bond donors (Lipinski definition) is 1. The van der Waals surface area contributed by atoms with E-state index in [1.807, 2.05) is 0 Å². The summed E-state index contributed by atoms with van der Waals surface area (Å²) in [5.41, 5.74) is 0.975. The summed E-state index contributed by atoms with van der Waals surface area (Å²) in [5.74, 6) is -1.54. The van der Waals surface area contributed by atoms with Crippen molar-refractivity contribution < 1.29 is 23.2 Å². The van der Waals surface area contributed by atoms with E-state index in [1.54, 1.807) is 91.0 Å². The molecule has 1 N–H and O–H groups in total. The Kier molecular flexibility index (Phi) is 6.29. The van der Waals surface area contributed by atoms with Gasteiger partial charge in [0.1, 0.15) is 0 Å². The van der Waals surface area contributed by atoms with Crippen LogP contribution in [-0.2, 0) is 11.0 Å². The number of carbonyl (C=O) groups is 1. The Bertz CT molecular complexity index is 1240. The van der Waals surface area contributed by atoms with E-state index in [9.17, 15) is 23.2 Å². The molecule has 0 aliphatic heterocycles. The number of halogens is 3. The maximum absolute atomic E-state index is 13.6. The zero-order valence-electron chi connectivity index (χ0n) is 17.4. The molecule has 0 aliphatic carbocycles. The Labute approximate surface area is 189 Å². The summed E-state index contributed by atoms with van der Waals surface area (Å²) in [4.78, 5) is 13.4. The van der Waals surface area contributed by atoms with Crippen LogP contribution in [0.3, 0.4) is 0 Å². The van der Waals surface area contributed by atoms with E-state index in [4.69, 9.17) is 0 Å². The lowest BCUT2D eigenvalue weighted by Crippen LogP contribution is -2.32. The summed E-state index contributed by atoms with van der Waals surface area (Å²) in [6.07, 6.45) is -4.52. The Hall–Kier alpha value is -3.90. The second kappa shape index (κ2) is 9.30. The van der Waals surface area contributed by atoms with Gasteiger partial charge in [0.2, 0.25) is 0 Å². The summed E-state index contributed by atoms with van der Waals surface area (Å²) in [6, 6.07) is 28.9. The molecule has 0 radical (unpaired) electrons. The number of carbonyl (C=O) groups excluding carboxylic acids is 1. The van der Waals surface area contributed by atoms with Gasteiger partial charge >= 0.3 is 6.18 Å². The normalized spacial score (nSPS) is 12.2. The lowest BCUT2D eigenvalue weighted by molar-refractivity contribution is -0.137. The Balaban J connectivity index is 1.81. The first-order chi connectivity index (χ1) is 15.9. The minimum atomic E-state index is -4.52. The van der Waals surface area contributed by atoms with E-state index >= 15 is 0 Å². The van der Waals surface area contributed by atoms with Gasteiger partial charge in [0.05, 0.1) is 17.2 Å². The van der Waals surface area contributed by atoms with E-state index in [2.05, 4.69) is 0 Å². The van der Waals surface area contributed by atoms with Gasteiger partial charge in [-0.25, -0.2) is 0 Å². The highest BCUT2D eigenvalue weighted by molar-refractivity contribution is 5.98. The molecule has 6 heteroatoms. The topological polar surface area (TPSA) is 40.5 Å². The van der Waals surface area contributed by atoms with Crippen molar-refractivity contribution in [3.8, 4) is 11.1 Å². The molecule has 1 unspecified atom stereocenters. The molecule has 3 nitrogen and oxygen atoms in total. The van der Waals surface area contributed by atoms with Crippen LogP contribution in [0.2, 0.25) is 0 Å². The van der Waals surface area contributed by atoms with Crippen LogP contribution >= 0.6 is 0 Å². The number of nitrogens with zero attached hydrogens (tertiary/aromatic N) is 1. The van der Waals surface area contributed by atoms with Gasteiger partial charge in [0.25, 0.3) is 5.91 Å². The molecule has 33 heavy (non-hydrogen) atoms. The van der Waals surface area contributed by atoms with Crippen molar-refractivity contribution in [2.45, 2.75) is 12.1 Å². The summed E-state index contributed by atoms with van der Waals surface area (Å²) in [7, 11) is 0. The van der Waals surface area contributed by atoms with E-state index in [0.717, 1.165) is 6.07 Å². The number of para-hydroxylation sites is 1. The molecule has 1 amide bonds. The predicted molar refractivity (Wildman–Crippen MR) is 121 cm³/mol. The number of hydroxylamine groups is 1. The minimum absolute atomic E-state index is 0.0232. The molecule has 0 spiro atoms. The van der Waals surface area contributed by atoms with Crippen LogP contribution in [0, 0.1) is 0 Å². The molecule has 0 saturated heterocycles. The van der Waals surface area contributed by atoms with E-state index in [1.165, 1.54) is 12.1 Å². The highest BCUT2D eigenvalue weighted by Gasteiger charge is 2.34. The number of rotatable bonds is 5. The fourth-order valence-electron chi connectivity index (χ4n) is 3.81.